The van der Waals surface area contributed by atoms with E-state index in [9.17, 15) is 0 Å². The van der Waals surface area contributed by atoms with Crippen LogP contribution in [-0.4, -0.2) is 13.2 Å². The molecule has 0 aliphatic rings. The van der Waals surface area contributed by atoms with Crippen LogP contribution in [0.25, 0.3) is 0 Å². The monoisotopic (exact) mass is 203 g/mol. The van der Waals surface area contributed by atoms with E-state index in [1.54, 1.807) is 0 Å². The van der Waals surface area contributed by atoms with Crippen molar-refractivity contribution in [2.24, 2.45) is 0 Å². The van der Waals surface area contributed by atoms with E-state index < -0.39 is 0 Å². The Balaban J connectivity index is 2.53. The number of benzene rings is 1. The minimum atomic E-state index is 0.688. The standard InChI is InChI=1S/C13H17NO/c1-3-5-8-11-14-12-9-6-7-10-13(12)15-4-2/h6-7,9-10,14H,4,8,11H2,1-2H3. The first-order chi connectivity index (χ1) is 7.38. The van der Waals surface area contributed by atoms with Crippen molar-refractivity contribution in [2.45, 2.75) is 20.3 Å². The van der Waals surface area contributed by atoms with E-state index in [1.807, 2.05) is 38.1 Å². The lowest BCUT2D eigenvalue weighted by Crippen LogP contribution is -2.03. The molecule has 80 valence electrons. The van der Waals surface area contributed by atoms with E-state index in [-0.39, 0.29) is 0 Å². The number of hydrogen-bond acceptors (Lipinski definition) is 2. The summed E-state index contributed by atoms with van der Waals surface area (Å²) in [6.07, 6.45) is 0.858. The normalized spacial score (nSPS) is 8.93. The van der Waals surface area contributed by atoms with Crippen molar-refractivity contribution in [1.29, 1.82) is 0 Å². The van der Waals surface area contributed by atoms with Crippen molar-refractivity contribution < 1.29 is 4.74 Å². The third-order valence-electron chi connectivity index (χ3n) is 1.93. The number of anilines is 1. The van der Waals surface area contributed by atoms with Gasteiger partial charge in [0.15, 0.2) is 0 Å². The Morgan fingerprint density at radius 1 is 1.33 bits per heavy atom. The van der Waals surface area contributed by atoms with E-state index in [4.69, 9.17) is 4.74 Å². The Bertz CT molecular complexity index is 349. The molecular weight excluding hydrogens is 186 g/mol. The van der Waals surface area contributed by atoms with Crippen LogP contribution in [0.3, 0.4) is 0 Å². The summed E-state index contributed by atoms with van der Waals surface area (Å²) in [5.74, 6) is 6.80. The lowest BCUT2D eigenvalue weighted by Gasteiger charge is -2.10. The number of nitrogens with one attached hydrogen (secondary N) is 1. The van der Waals surface area contributed by atoms with Crippen molar-refractivity contribution in [3.8, 4) is 17.6 Å². The zero-order valence-electron chi connectivity index (χ0n) is 9.34. The van der Waals surface area contributed by atoms with Crippen LogP contribution in [0.5, 0.6) is 5.75 Å². The number of rotatable bonds is 5. The zero-order valence-corrected chi connectivity index (χ0v) is 9.34. The van der Waals surface area contributed by atoms with Crippen LogP contribution in [0.2, 0.25) is 0 Å². The molecule has 0 heterocycles. The first kappa shape index (κ1) is 11.5. The quantitative estimate of drug-likeness (QED) is 0.587. The summed E-state index contributed by atoms with van der Waals surface area (Å²) >= 11 is 0. The first-order valence-corrected chi connectivity index (χ1v) is 5.23. The molecule has 0 aliphatic carbocycles. The van der Waals surface area contributed by atoms with Gasteiger partial charge in [0.1, 0.15) is 5.75 Å². The number of para-hydroxylation sites is 2. The second-order valence-electron chi connectivity index (χ2n) is 3.03. The highest BCUT2D eigenvalue weighted by Gasteiger charge is 1.99. The molecule has 0 aliphatic heterocycles. The fourth-order valence-electron chi connectivity index (χ4n) is 1.28. The van der Waals surface area contributed by atoms with Gasteiger partial charge in [0.25, 0.3) is 0 Å². The molecule has 0 atom stereocenters. The minimum absolute atomic E-state index is 0.688. The van der Waals surface area contributed by atoms with E-state index in [0.717, 1.165) is 24.4 Å². The lowest BCUT2D eigenvalue weighted by molar-refractivity contribution is 0.342. The molecule has 0 saturated heterocycles. The molecule has 0 saturated carbocycles. The van der Waals surface area contributed by atoms with Crippen LogP contribution in [0.4, 0.5) is 5.69 Å². The van der Waals surface area contributed by atoms with Crippen LogP contribution < -0.4 is 10.1 Å². The average molecular weight is 203 g/mol. The molecule has 0 amide bonds. The van der Waals surface area contributed by atoms with Crippen molar-refractivity contribution in [1.82, 2.24) is 0 Å². The highest BCUT2D eigenvalue weighted by molar-refractivity contribution is 5.56. The number of ether oxygens (including phenoxy) is 1. The summed E-state index contributed by atoms with van der Waals surface area (Å²) in [4.78, 5) is 0. The summed E-state index contributed by atoms with van der Waals surface area (Å²) in [7, 11) is 0. The molecule has 0 bridgehead atoms. The topological polar surface area (TPSA) is 21.3 Å². The molecule has 1 aromatic rings. The van der Waals surface area contributed by atoms with Gasteiger partial charge in [-0.25, -0.2) is 0 Å². The lowest BCUT2D eigenvalue weighted by atomic mass is 10.3. The van der Waals surface area contributed by atoms with Gasteiger partial charge in [-0.3, -0.25) is 0 Å². The van der Waals surface area contributed by atoms with E-state index in [2.05, 4.69) is 17.2 Å². The van der Waals surface area contributed by atoms with Gasteiger partial charge < -0.3 is 10.1 Å². The highest BCUT2D eigenvalue weighted by Crippen LogP contribution is 2.23. The van der Waals surface area contributed by atoms with E-state index in [0.29, 0.717) is 6.61 Å². The van der Waals surface area contributed by atoms with Gasteiger partial charge in [-0.05, 0) is 26.0 Å². The summed E-state index contributed by atoms with van der Waals surface area (Å²) in [5.41, 5.74) is 1.04. The van der Waals surface area contributed by atoms with E-state index in [1.165, 1.54) is 0 Å². The third-order valence-corrected chi connectivity index (χ3v) is 1.93. The molecule has 1 rings (SSSR count). The molecule has 15 heavy (non-hydrogen) atoms. The van der Waals surface area contributed by atoms with Crippen molar-refractivity contribution in [3.63, 3.8) is 0 Å². The fraction of sp³-hybridized carbons (Fsp3) is 0.385. The van der Waals surface area contributed by atoms with Crippen molar-refractivity contribution >= 4 is 5.69 Å². The van der Waals surface area contributed by atoms with Crippen LogP contribution in [0, 0.1) is 11.8 Å². The number of hydrogen-bond donors (Lipinski definition) is 1. The van der Waals surface area contributed by atoms with Crippen LogP contribution in [0.15, 0.2) is 24.3 Å². The largest absolute Gasteiger partial charge is 0.492 e. The average Bonchev–Trinajstić information content (AvgIpc) is 2.27. The molecule has 0 spiro atoms. The molecule has 2 heteroatoms. The van der Waals surface area contributed by atoms with Gasteiger partial charge >= 0.3 is 0 Å². The molecule has 0 unspecified atom stereocenters. The summed E-state index contributed by atoms with van der Waals surface area (Å²) < 4.78 is 5.50. The molecule has 0 fully saturated rings. The Labute approximate surface area is 91.6 Å². The molecule has 0 radical (unpaired) electrons. The van der Waals surface area contributed by atoms with Gasteiger partial charge in [0, 0.05) is 13.0 Å². The maximum Gasteiger partial charge on any atom is 0.142 e. The second-order valence-corrected chi connectivity index (χ2v) is 3.03. The van der Waals surface area contributed by atoms with Gasteiger partial charge in [-0.2, -0.15) is 0 Å². The van der Waals surface area contributed by atoms with Gasteiger partial charge in [0.05, 0.1) is 12.3 Å². The maximum atomic E-state index is 5.50. The zero-order chi connectivity index (χ0) is 10.9. The Morgan fingerprint density at radius 3 is 2.87 bits per heavy atom. The fourth-order valence-corrected chi connectivity index (χ4v) is 1.28. The Hall–Kier alpha value is -1.62. The molecule has 0 aromatic heterocycles. The Morgan fingerprint density at radius 2 is 2.13 bits per heavy atom. The van der Waals surface area contributed by atoms with Crippen molar-refractivity contribution in [2.75, 3.05) is 18.5 Å². The van der Waals surface area contributed by atoms with Gasteiger partial charge in [0.2, 0.25) is 0 Å². The van der Waals surface area contributed by atoms with Crippen LogP contribution >= 0.6 is 0 Å². The maximum absolute atomic E-state index is 5.50. The highest BCUT2D eigenvalue weighted by atomic mass is 16.5. The molecule has 2 nitrogen and oxygen atoms in total. The summed E-state index contributed by atoms with van der Waals surface area (Å²) in [5, 5.41) is 3.31. The van der Waals surface area contributed by atoms with E-state index >= 15 is 0 Å². The molecular formula is C13H17NO. The van der Waals surface area contributed by atoms with Crippen LogP contribution in [0.1, 0.15) is 20.3 Å². The minimum Gasteiger partial charge on any atom is -0.492 e. The third kappa shape index (κ3) is 3.95. The first-order valence-electron chi connectivity index (χ1n) is 5.23. The Kier molecular flexibility index (Phi) is 5.18. The predicted octanol–water partition coefficient (Wildman–Crippen LogP) is 2.91. The van der Waals surface area contributed by atoms with Crippen LogP contribution in [-0.2, 0) is 0 Å². The van der Waals surface area contributed by atoms with Crippen molar-refractivity contribution in [3.05, 3.63) is 24.3 Å². The second kappa shape index (κ2) is 6.78. The van der Waals surface area contributed by atoms with Gasteiger partial charge in [-0.15, -0.1) is 11.8 Å². The smallest absolute Gasteiger partial charge is 0.142 e. The van der Waals surface area contributed by atoms with Gasteiger partial charge in [-0.1, -0.05) is 12.1 Å². The SMILES string of the molecule is CC#CCCNc1ccccc1OCC. The summed E-state index contributed by atoms with van der Waals surface area (Å²) in [6.45, 7) is 5.38. The summed E-state index contributed by atoms with van der Waals surface area (Å²) in [6, 6.07) is 7.96. The molecule has 1 N–H and O–H groups in total. The predicted molar refractivity (Wildman–Crippen MR) is 64.2 cm³/mol. The molecule has 1 aromatic carbocycles.